The Kier molecular flexibility index (Phi) is 4.87. The van der Waals surface area contributed by atoms with E-state index in [1.807, 2.05) is 25.1 Å². The third kappa shape index (κ3) is 3.87. The molecule has 1 aromatic carbocycles. The second-order valence-electron chi connectivity index (χ2n) is 4.90. The van der Waals surface area contributed by atoms with E-state index in [-0.39, 0.29) is 12.1 Å². The Labute approximate surface area is 113 Å². The largest absolute Gasteiger partial charge is 0.486 e. The van der Waals surface area contributed by atoms with Gasteiger partial charge >= 0.3 is 0 Å². The summed E-state index contributed by atoms with van der Waals surface area (Å²) in [6.07, 6.45) is 3.02. The molecule has 1 aromatic rings. The molecule has 1 saturated heterocycles. The van der Waals surface area contributed by atoms with Crippen LogP contribution in [0, 0.1) is 0 Å². The highest BCUT2D eigenvalue weighted by molar-refractivity contribution is 6.32. The van der Waals surface area contributed by atoms with Gasteiger partial charge in [0.05, 0.1) is 11.6 Å². The lowest BCUT2D eigenvalue weighted by molar-refractivity contribution is 0.00747. The number of hydrogen-bond acceptors (Lipinski definition) is 3. The van der Waals surface area contributed by atoms with Crippen molar-refractivity contribution in [1.29, 1.82) is 0 Å². The maximum absolute atomic E-state index is 6.23. The van der Waals surface area contributed by atoms with Crippen LogP contribution in [0.15, 0.2) is 18.2 Å². The Bertz CT molecular complexity index is 389. The number of halogens is 1. The fraction of sp³-hybridized carbons (Fsp3) is 0.571. The predicted molar refractivity (Wildman–Crippen MR) is 73.3 cm³/mol. The van der Waals surface area contributed by atoms with E-state index in [1.54, 1.807) is 0 Å². The minimum absolute atomic E-state index is 0.121. The van der Waals surface area contributed by atoms with Gasteiger partial charge in [0.15, 0.2) is 0 Å². The number of rotatable bonds is 4. The molecule has 0 aliphatic carbocycles. The van der Waals surface area contributed by atoms with Gasteiger partial charge in [-0.25, -0.2) is 0 Å². The lowest BCUT2D eigenvalue weighted by atomic mass is 10.1. The molecule has 2 atom stereocenters. The van der Waals surface area contributed by atoms with Crippen LogP contribution in [0.5, 0.6) is 5.75 Å². The van der Waals surface area contributed by atoms with Crippen molar-refractivity contribution in [2.75, 3.05) is 13.2 Å². The van der Waals surface area contributed by atoms with Crippen LogP contribution in [0.2, 0.25) is 5.02 Å². The molecule has 0 aromatic heterocycles. The van der Waals surface area contributed by atoms with Crippen molar-refractivity contribution in [2.24, 2.45) is 5.73 Å². The van der Waals surface area contributed by atoms with Gasteiger partial charge in [-0.3, -0.25) is 0 Å². The Balaban J connectivity index is 2.00. The standard InChI is InChI=1S/C14H20ClNO2/c1-10(16)7-11-4-5-14(13(15)8-11)18-12-3-2-6-17-9-12/h4-5,8,10,12H,2-3,6-7,9,16H2,1H3. The molecule has 18 heavy (non-hydrogen) atoms. The van der Waals surface area contributed by atoms with Gasteiger partial charge in [0, 0.05) is 12.6 Å². The molecule has 1 aliphatic rings. The second-order valence-corrected chi connectivity index (χ2v) is 5.31. The third-order valence-corrected chi connectivity index (χ3v) is 3.26. The zero-order chi connectivity index (χ0) is 13.0. The summed E-state index contributed by atoms with van der Waals surface area (Å²) in [6, 6.07) is 6.02. The summed E-state index contributed by atoms with van der Waals surface area (Å²) in [5, 5.41) is 0.652. The summed E-state index contributed by atoms with van der Waals surface area (Å²) < 4.78 is 11.2. The van der Waals surface area contributed by atoms with E-state index in [1.165, 1.54) is 0 Å². The molecule has 2 N–H and O–H groups in total. The quantitative estimate of drug-likeness (QED) is 0.914. The summed E-state index contributed by atoms with van der Waals surface area (Å²) in [4.78, 5) is 0. The summed E-state index contributed by atoms with van der Waals surface area (Å²) in [5.41, 5.74) is 6.91. The van der Waals surface area contributed by atoms with E-state index in [0.717, 1.165) is 37.2 Å². The lowest BCUT2D eigenvalue weighted by Crippen LogP contribution is -2.28. The van der Waals surface area contributed by atoms with E-state index >= 15 is 0 Å². The van der Waals surface area contributed by atoms with Crippen molar-refractivity contribution in [3.63, 3.8) is 0 Å². The molecule has 0 radical (unpaired) electrons. The van der Waals surface area contributed by atoms with Gasteiger partial charge in [-0.05, 0) is 43.9 Å². The van der Waals surface area contributed by atoms with Crippen LogP contribution in [-0.2, 0) is 11.2 Å². The number of ether oxygens (including phenoxy) is 2. The zero-order valence-electron chi connectivity index (χ0n) is 10.7. The molecule has 0 amide bonds. The smallest absolute Gasteiger partial charge is 0.138 e. The van der Waals surface area contributed by atoms with E-state index in [9.17, 15) is 0 Å². The molecule has 4 heteroatoms. The molecule has 2 unspecified atom stereocenters. The van der Waals surface area contributed by atoms with Gasteiger partial charge in [-0.1, -0.05) is 17.7 Å². The van der Waals surface area contributed by atoms with Crippen molar-refractivity contribution in [3.05, 3.63) is 28.8 Å². The minimum atomic E-state index is 0.121. The summed E-state index contributed by atoms with van der Waals surface area (Å²) in [7, 11) is 0. The molecule has 100 valence electrons. The molecule has 3 nitrogen and oxygen atoms in total. The highest BCUT2D eigenvalue weighted by Gasteiger charge is 2.16. The SMILES string of the molecule is CC(N)Cc1ccc(OC2CCCOC2)c(Cl)c1. The molecule has 1 heterocycles. The van der Waals surface area contributed by atoms with Crippen molar-refractivity contribution in [1.82, 2.24) is 0 Å². The van der Waals surface area contributed by atoms with E-state index < -0.39 is 0 Å². The molecular formula is C14H20ClNO2. The Morgan fingerprint density at radius 2 is 2.39 bits per heavy atom. The predicted octanol–water partition coefficient (Wildman–Crippen LogP) is 2.79. The normalized spacial score (nSPS) is 21.6. The van der Waals surface area contributed by atoms with Crippen LogP contribution in [0.25, 0.3) is 0 Å². The van der Waals surface area contributed by atoms with Crippen LogP contribution < -0.4 is 10.5 Å². The molecule has 0 saturated carbocycles. The lowest BCUT2D eigenvalue weighted by Gasteiger charge is -2.24. The molecule has 0 spiro atoms. The maximum Gasteiger partial charge on any atom is 0.138 e. The third-order valence-electron chi connectivity index (χ3n) is 2.97. The first-order chi connectivity index (χ1) is 8.65. The molecule has 1 fully saturated rings. The number of nitrogens with two attached hydrogens (primary N) is 1. The highest BCUT2D eigenvalue weighted by Crippen LogP contribution is 2.28. The molecular weight excluding hydrogens is 250 g/mol. The maximum atomic E-state index is 6.23. The van der Waals surface area contributed by atoms with Crippen molar-refractivity contribution in [2.45, 2.75) is 38.3 Å². The fourth-order valence-corrected chi connectivity index (χ4v) is 2.37. The summed E-state index contributed by atoms with van der Waals surface area (Å²) >= 11 is 6.23. The van der Waals surface area contributed by atoms with E-state index in [2.05, 4.69) is 0 Å². The molecule has 0 bridgehead atoms. The van der Waals surface area contributed by atoms with Gasteiger partial charge in [0.2, 0.25) is 0 Å². The van der Waals surface area contributed by atoms with Crippen molar-refractivity contribution < 1.29 is 9.47 Å². The van der Waals surface area contributed by atoms with E-state index in [4.69, 9.17) is 26.8 Å². The topological polar surface area (TPSA) is 44.5 Å². The zero-order valence-corrected chi connectivity index (χ0v) is 11.5. The average Bonchev–Trinajstić information content (AvgIpc) is 2.33. The monoisotopic (exact) mass is 269 g/mol. The molecule has 2 rings (SSSR count). The van der Waals surface area contributed by atoms with Crippen LogP contribution >= 0.6 is 11.6 Å². The number of hydrogen-bond donors (Lipinski definition) is 1. The van der Waals surface area contributed by atoms with Gasteiger partial charge in [0.25, 0.3) is 0 Å². The van der Waals surface area contributed by atoms with Crippen LogP contribution in [0.1, 0.15) is 25.3 Å². The van der Waals surface area contributed by atoms with Crippen molar-refractivity contribution in [3.8, 4) is 5.75 Å². The van der Waals surface area contributed by atoms with Gasteiger partial charge in [0.1, 0.15) is 11.9 Å². The average molecular weight is 270 g/mol. The first-order valence-corrected chi connectivity index (χ1v) is 6.81. The minimum Gasteiger partial charge on any atom is -0.486 e. The summed E-state index contributed by atoms with van der Waals surface area (Å²) in [5.74, 6) is 0.737. The first kappa shape index (κ1) is 13.7. The number of benzene rings is 1. The fourth-order valence-electron chi connectivity index (χ4n) is 2.12. The van der Waals surface area contributed by atoms with Gasteiger partial charge in [-0.15, -0.1) is 0 Å². The Morgan fingerprint density at radius 3 is 3.00 bits per heavy atom. The van der Waals surface area contributed by atoms with Crippen LogP contribution in [-0.4, -0.2) is 25.4 Å². The first-order valence-electron chi connectivity index (χ1n) is 6.43. The molecule has 1 aliphatic heterocycles. The van der Waals surface area contributed by atoms with Crippen LogP contribution in [0.3, 0.4) is 0 Å². The highest BCUT2D eigenvalue weighted by atomic mass is 35.5. The van der Waals surface area contributed by atoms with Crippen molar-refractivity contribution >= 4 is 11.6 Å². The Hall–Kier alpha value is -0.770. The van der Waals surface area contributed by atoms with Gasteiger partial charge < -0.3 is 15.2 Å². The van der Waals surface area contributed by atoms with E-state index in [0.29, 0.717) is 11.6 Å². The Morgan fingerprint density at radius 1 is 1.56 bits per heavy atom. The van der Waals surface area contributed by atoms with Crippen LogP contribution in [0.4, 0.5) is 0 Å². The summed E-state index contributed by atoms with van der Waals surface area (Å²) in [6.45, 7) is 3.47. The second kappa shape index (κ2) is 6.41. The van der Waals surface area contributed by atoms with Gasteiger partial charge in [-0.2, -0.15) is 0 Å².